The number of aliphatic hydroxyl groups excluding tert-OH is 1. The molecule has 1 N–H and O–H groups in total. The summed E-state index contributed by atoms with van der Waals surface area (Å²) in [7, 11) is 1.52. The number of methoxy groups -OCH3 is 1. The van der Waals surface area contributed by atoms with Crippen LogP contribution in [0.15, 0.2) is 60.2 Å². The van der Waals surface area contributed by atoms with Gasteiger partial charge < -0.3 is 14.6 Å². The summed E-state index contributed by atoms with van der Waals surface area (Å²) in [4.78, 5) is 44.6. The number of ether oxygens (including phenoxy) is 2. The molecule has 2 heterocycles. The third kappa shape index (κ3) is 4.06. The molecule has 2 aromatic carbocycles. The maximum Gasteiger partial charge on any atom is 0.350 e. The molecule has 0 unspecified atom stereocenters. The summed E-state index contributed by atoms with van der Waals surface area (Å²) < 4.78 is 10.2. The van der Waals surface area contributed by atoms with Crippen LogP contribution in [0.25, 0.3) is 5.76 Å². The molecular formula is C25H22N2O6S. The molecule has 1 fully saturated rings. The van der Waals surface area contributed by atoms with E-state index in [0.717, 1.165) is 11.3 Å². The topological polar surface area (TPSA) is 106 Å². The van der Waals surface area contributed by atoms with E-state index in [1.807, 2.05) is 6.07 Å². The number of anilines is 1. The lowest BCUT2D eigenvalue weighted by molar-refractivity contribution is -0.132. The Labute approximate surface area is 200 Å². The van der Waals surface area contributed by atoms with Crippen molar-refractivity contribution in [3.05, 3.63) is 81.9 Å². The Morgan fingerprint density at radius 1 is 1.12 bits per heavy atom. The number of thiazole rings is 1. The minimum atomic E-state index is -0.927. The lowest BCUT2D eigenvalue weighted by Gasteiger charge is -2.23. The van der Waals surface area contributed by atoms with E-state index in [2.05, 4.69) is 4.98 Å². The molecule has 34 heavy (non-hydrogen) atoms. The standard InChI is InChI=1S/C25H22N2O6S/c1-4-33-24(31)22-14(2)26-25(34-22)27-19(15-8-6-5-7-9-15)18(21(29)23(27)30)20(28)16-10-12-17(32-3)13-11-16/h5-13,19,28H,4H2,1-3H3/b20-18+/t19-/m1/s1. The van der Waals surface area contributed by atoms with Gasteiger partial charge in [0.1, 0.15) is 16.4 Å². The number of aromatic nitrogens is 1. The lowest BCUT2D eigenvalue weighted by Crippen LogP contribution is -2.29. The predicted octanol–water partition coefficient (Wildman–Crippen LogP) is 4.26. The van der Waals surface area contributed by atoms with Crippen molar-refractivity contribution in [3.63, 3.8) is 0 Å². The molecule has 1 atom stereocenters. The Morgan fingerprint density at radius 3 is 2.41 bits per heavy atom. The molecule has 8 nitrogen and oxygen atoms in total. The molecule has 9 heteroatoms. The number of hydrogen-bond donors (Lipinski definition) is 1. The van der Waals surface area contributed by atoms with Crippen LogP contribution in [0.3, 0.4) is 0 Å². The number of aliphatic hydroxyl groups is 1. The minimum absolute atomic E-state index is 0.0631. The van der Waals surface area contributed by atoms with E-state index in [1.165, 1.54) is 12.0 Å². The van der Waals surface area contributed by atoms with Crippen LogP contribution in [-0.2, 0) is 14.3 Å². The Balaban J connectivity index is 1.88. The number of nitrogens with zero attached hydrogens (tertiary/aromatic N) is 2. The normalized spacial score (nSPS) is 17.1. The second kappa shape index (κ2) is 9.48. The first-order chi connectivity index (χ1) is 16.4. The van der Waals surface area contributed by atoms with Crippen molar-refractivity contribution in [1.29, 1.82) is 0 Å². The highest BCUT2D eigenvalue weighted by atomic mass is 32.1. The van der Waals surface area contributed by atoms with Crippen LogP contribution in [0.2, 0.25) is 0 Å². The van der Waals surface area contributed by atoms with Crippen molar-refractivity contribution in [2.24, 2.45) is 0 Å². The maximum atomic E-state index is 13.2. The van der Waals surface area contributed by atoms with Gasteiger partial charge in [0.15, 0.2) is 5.13 Å². The van der Waals surface area contributed by atoms with E-state index in [-0.39, 0.29) is 27.9 Å². The average Bonchev–Trinajstić information content (AvgIpc) is 3.36. The summed E-state index contributed by atoms with van der Waals surface area (Å²) in [5.41, 5.74) is 1.30. The molecule has 1 saturated heterocycles. The van der Waals surface area contributed by atoms with Gasteiger partial charge in [-0.05, 0) is 43.7 Å². The third-order valence-electron chi connectivity index (χ3n) is 5.38. The van der Waals surface area contributed by atoms with Crippen molar-refractivity contribution in [2.45, 2.75) is 19.9 Å². The first kappa shape index (κ1) is 23.2. The van der Waals surface area contributed by atoms with Gasteiger partial charge in [-0.1, -0.05) is 41.7 Å². The van der Waals surface area contributed by atoms with E-state index >= 15 is 0 Å². The van der Waals surface area contributed by atoms with Gasteiger partial charge in [0.05, 0.1) is 31.0 Å². The van der Waals surface area contributed by atoms with Crippen molar-refractivity contribution in [3.8, 4) is 5.75 Å². The van der Waals surface area contributed by atoms with Crippen LogP contribution in [0, 0.1) is 6.92 Å². The molecule has 4 rings (SSSR count). The molecule has 1 amide bonds. The largest absolute Gasteiger partial charge is 0.507 e. The predicted molar refractivity (Wildman–Crippen MR) is 127 cm³/mol. The van der Waals surface area contributed by atoms with Gasteiger partial charge in [-0.15, -0.1) is 0 Å². The van der Waals surface area contributed by atoms with Crippen molar-refractivity contribution < 1.29 is 29.0 Å². The van der Waals surface area contributed by atoms with Gasteiger partial charge in [0.2, 0.25) is 0 Å². The zero-order chi connectivity index (χ0) is 24.4. The van der Waals surface area contributed by atoms with Gasteiger partial charge >= 0.3 is 11.9 Å². The number of aryl methyl sites for hydroxylation is 1. The molecule has 1 aliphatic rings. The summed E-state index contributed by atoms with van der Waals surface area (Å²) in [6.45, 7) is 3.53. The molecule has 1 aromatic heterocycles. The van der Waals surface area contributed by atoms with Crippen LogP contribution in [-0.4, -0.2) is 41.5 Å². The number of benzene rings is 2. The first-order valence-electron chi connectivity index (χ1n) is 10.5. The number of carbonyl (C=O) groups excluding carboxylic acids is 3. The Hall–Kier alpha value is -3.98. The first-order valence-corrected chi connectivity index (χ1v) is 11.3. The molecule has 1 aliphatic heterocycles. The van der Waals surface area contributed by atoms with Gasteiger partial charge in [-0.3, -0.25) is 14.5 Å². The number of esters is 1. The van der Waals surface area contributed by atoms with E-state index in [0.29, 0.717) is 22.6 Å². The zero-order valence-electron chi connectivity index (χ0n) is 18.8. The lowest BCUT2D eigenvalue weighted by atomic mass is 9.95. The second-order valence-corrected chi connectivity index (χ2v) is 8.42. The van der Waals surface area contributed by atoms with Crippen LogP contribution in [0.1, 0.15) is 39.5 Å². The number of rotatable bonds is 6. The number of carbonyl (C=O) groups is 3. The van der Waals surface area contributed by atoms with Gasteiger partial charge in [0.25, 0.3) is 5.78 Å². The summed E-state index contributed by atoms with van der Waals surface area (Å²) in [6, 6.07) is 14.5. The highest BCUT2D eigenvalue weighted by Gasteiger charge is 2.48. The van der Waals surface area contributed by atoms with E-state index < -0.39 is 23.7 Å². The molecule has 0 aliphatic carbocycles. The van der Waals surface area contributed by atoms with Crippen LogP contribution in [0.5, 0.6) is 5.75 Å². The van der Waals surface area contributed by atoms with Crippen molar-refractivity contribution in [2.75, 3.05) is 18.6 Å². The van der Waals surface area contributed by atoms with Crippen LogP contribution < -0.4 is 9.64 Å². The number of hydrogen-bond acceptors (Lipinski definition) is 8. The van der Waals surface area contributed by atoms with E-state index in [9.17, 15) is 19.5 Å². The SMILES string of the molecule is CCOC(=O)c1sc(N2C(=O)C(=O)/C(=C(/O)c3ccc(OC)cc3)[C@H]2c2ccccc2)nc1C. The second-order valence-electron chi connectivity index (χ2n) is 7.44. The highest BCUT2D eigenvalue weighted by molar-refractivity contribution is 7.17. The minimum Gasteiger partial charge on any atom is -0.507 e. The van der Waals surface area contributed by atoms with Crippen LogP contribution in [0.4, 0.5) is 5.13 Å². The fourth-order valence-corrected chi connectivity index (χ4v) is 4.74. The molecular weight excluding hydrogens is 456 g/mol. The number of amides is 1. The summed E-state index contributed by atoms with van der Waals surface area (Å²) >= 11 is 0.970. The summed E-state index contributed by atoms with van der Waals surface area (Å²) in [6.07, 6.45) is 0. The quantitative estimate of drug-likeness (QED) is 0.244. The van der Waals surface area contributed by atoms with Crippen molar-refractivity contribution >= 4 is 39.9 Å². The molecule has 0 bridgehead atoms. The Morgan fingerprint density at radius 2 is 1.79 bits per heavy atom. The summed E-state index contributed by atoms with van der Waals surface area (Å²) in [5.74, 6) is -1.95. The number of ketones is 1. The zero-order valence-corrected chi connectivity index (χ0v) is 19.6. The van der Waals surface area contributed by atoms with Gasteiger partial charge in [-0.2, -0.15) is 0 Å². The fraction of sp³-hybridized carbons (Fsp3) is 0.200. The molecule has 0 saturated carbocycles. The Bertz CT molecular complexity index is 1280. The molecule has 3 aromatic rings. The third-order valence-corrected chi connectivity index (χ3v) is 6.51. The highest BCUT2D eigenvalue weighted by Crippen LogP contribution is 2.43. The molecule has 174 valence electrons. The van der Waals surface area contributed by atoms with E-state index in [4.69, 9.17) is 9.47 Å². The smallest absolute Gasteiger partial charge is 0.350 e. The molecule has 0 radical (unpaired) electrons. The Kier molecular flexibility index (Phi) is 6.47. The number of Topliss-reactive ketones (excluding diaryl/α,β-unsaturated/α-hetero) is 1. The monoisotopic (exact) mass is 478 g/mol. The fourth-order valence-electron chi connectivity index (χ4n) is 3.76. The van der Waals surface area contributed by atoms with Gasteiger partial charge in [-0.25, -0.2) is 9.78 Å². The van der Waals surface area contributed by atoms with Crippen molar-refractivity contribution in [1.82, 2.24) is 4.98 Å². The van der Waals surface area contributed by atoms with Gasteiger partial charge in [0, 0.05) is 5.56 Å². The van der Waals surface area contributed by atoms with Crippen LogP contribution >= 0.6 is 11.3 Å². The van der Waals surface area contributed by atoms with E-state index in [1.54, 1.807) is 62.4 Å². The average molecular weight is 479 g/mol. The molecule has 0 spiro atoms. The summed E-state index contributed by atoms with van der Waals surface area (Å²) in [5, 5.41) is 11.3. The maximum absolute atomic E-state index is 13.2.